The molecule has 1 N–H and O–H groups in total. The quantitative estimate of drug-likeness (QED) is 0.638. The standard InChI is InChI=1S/C16H26FNO3/c1-13(2)12-20-8-9-21-16-5-4-14(10-15(16)17)11-18-6-7-19-3/h4-5,10,13,18H,6-9,11-12H2,1-3H3. The van der Waals surface area contributed by atoms with Crippen molar-refractivity contribution in [2.24, 2.45) is 5.92 Å². The first-order chi connectivity index (χ1) is 10.1. The third-order valence-corrected chi connectivity index (χ3v) is 2.74. The van der Waals surface area contributed by atoms with Gasteiger partial charge in [-0.05, 0) is 23.6 Å². The Bertz CT molecular complexity index is 399. The highest BCUT2D eigenvalue weighted by Crippen LogP contribution is 2.18. The average Bonchev–Trinajstić information content (AvgIpc) is 2.45. The highest BCUT2D eigenvalue weighted by Gasteiger charge is 2.05. The highest BCUT2D eigenvalue weighted by molar-refractivity contribution is 5.29. The monoisotopic (exact) mass is 299 g/mol. The Morgan fingerprint density at radius 2 is 2.00 bits per heavy atom. The molecule has 0 fully saturated rings. The van der Waals surface area contributed by atoms with Gasteiger partial charge in [0.2, 0.25) is 0 Å². The number of rotatable bonds is 11. The first-order valence-electron chi connectivity index (χ1n) is 7.32. The van der Waals surface area contributed by atoms with Crippen molar-refractivity contribution in [2.45, 2.75) is 20.4 Å². The van der Waals surface area contributed by atoms with Crippen molar-refractivity contribution in [1.82, 2.24) is 5.32 Å². The SMILES string of the molecule is COCCNCc1ccc(OCCOCC(C)C)c(F)c1. The summed E-state index contributed by atoms with van der Waals surface area (Å²) in [5, 5.41) is 3.17. The molecular weight excluding hydrogens is 273 g/mol. The van der Waals surface area contributed by atoms with E-state index in [1.165, 1.54) is 6.07 Å². The van der Waals surface area contributed by atoms with E-state index in [1.54, 1.807) is 13.2 Å². The molecule has 0 saturated heterocycles. The van der Waals surface area contributed by atoms with Gasteiger partial charge in [-0.1, -0.05) is 19.9 Å². The lowest BCUT2D eigenvalue weighted by atomic mass is 10.2. The van der Waals surface area contributed by atoms with Crippen LogP contribution in [0, 0.1) is 11.7 Å². The maximum atomic E-state index is 13.8. The topological polar surface area (TPSA) is 39.7 Å². The van der Waals surface area contributed by atoms with Gasteiger partial charge in [0.05, 0.1) is 13.2 Å². The summed E-state index contributed by atoms with van der Waals surface area (Å²) in [5.41, 5.74) is 0.881. The molecule has 120 valence electrons. The number of methoxy groups -OCH3 is 1. The Morgan fingerprint density at radius 3 is 2.67 bits per heavy atom. The van der Waals surface area contributed by atoms with Crippen LogP contribution in [0.2, 0.25) is 0 Å². The fourth-order valence-corrected chi connectivity index (χ4v) is 1.71. The van der Waals surface area contributed by atoms with Gasteiger partial charge in [-0.15, -0.1) is 0 Å². The molecule has 1 aromatic carbocycles. The Morgan fingerprint density at radius 1 is 1.19 bits per heavy atom. The number of halogens is 1. The van der Waals surface area contributed by atoms with E-state index in [0.29, 0.717) is 38.9 Å². The van der Waals surface area contributed by atoms with Gasteiger partial charge in [-0.2, -0.15) is 0 Å². The largest absolute Gasteiger partial charge is 0.488 e. The zero-order chi connectivity index (χ0) is 15.5. The van der Waals surface area contributed by atoms with Crippen molar-refractivity contribution in [3.63, 3.8) is 0 Å². The van der Waals surface area contributed by atoms with Gasteiger partial charge in [-0.25, -0.2) is 4.39 Å². The molecule has 0 aliphatic heterocycles. The molecule has 0 aliphatic rings. The summed E-state index contributed by atoms with van der Waals surface area (Å²) in [6.07, 6.45) is 0. The third-order valence-electron chi connectivity index (χ3n) is 2.74. The number of benzene rings is 1. The summed E-state index contributed by atoms with van der Waals surface area (Å²) in [6.45, 7) is 7.67. The van der Waals surface area contributed by atoms with Crippen molar-refractivity contribution < 1.29 is 18.6 Å². The van der Waals surface area contributed by atoms with E-state index in [4.69, 9.17) is 14.2 Å². The van der Waals surface area contributed by atoms with Crippen LogP contribution in [-0.4, -0.2) is 40.1 Å². The molecule has 0 radical (unpaired) electrons. The smallest absolute Gasteiger partial charge is 0.165 e. The summed E-state index contributed by atoms with van der Waals surface area (Å²) in [7, 11) is 1.65. The van der Waals surface area contributed by atoms with Crippen molar-refractivity contribution >= 4 is 0 Å². The van der Waals surface area contributed by atoms with Crippen molar-refractivity contribution in [3.8, 4) is 5.75 Å². The number of hydrogen-bond donors (Lipinski definition) is 1. The van der Waals surface area contributed by atoms with Crippen LogP contribution >= 0.6 is 0 Å². The van der Waals surface area contributed by atoms with E-state index in [0.717, 1.165) is 12.1 Å². The van der Waals surface area contributed by atoms with Crippen LogP contribution in [0.4, 0.5) is 4.39 Å². The summed E-state index contributed by atoms with van der Waals surface area (Å²) in [5.74, 6) is 0.417. The Kier molecular flexibility index (Phi) is 8.98. The van der Waals surface area contributed by atoms with Crippen molar-refractivity contribution in [1.29, 1.82) is 0 Å². The molecule has 0 aliphatic carbocycles. The van der Waals surface area contributed by atoms with Gasteiger partial charge in [-0.3, -0.25) is 0 Å². The molecular formula is C16H26FNO3. The predicted molar refractivity (Wildman–Crippen MR) is 81.1 cm³/mol. The normalized spacial score (nSPS) is 11.1. The second-order valence-electron chi connectivity index (χ2n) is 5.25. The second-order valence-corrected chi connectivity index (χ2v) is 5.25. The van der Waals surface area contributed by atoms with E-state index in [2.05, 4.69) is 19.2 Å². The minimum atomic E-state index is -0.343. The summed E-state index contributed by atoms with van der Waals surface area (Å²) >= 11 is 0. The molecule has 0 heterocycles. The zero-order valence-electron chi connectivity index (χ0n) is 13.2. The van der Waals surface area contributed by atoms with Gasteiger partial charge in [0.1, 0.15) is 6.61 Å². The second kappa shape index (κ2) is 10.5. The van der Waals surface area contributed by atoms with E-state index in [-0.39, 0.29) is 11.6 Å². The molecule has 21 heavy (non-hydrogen) atoms. The fourth-order valence-electron chi connectivity index (χ4n) is 1.71. The van der Waals surface area contributed by atoms with Crippen molar-refractivity contribution in [3.05, 3.63) is 29.6 Å². The minimum absolute atomic E-state index is 0.267. The molecule has 1 rings (SSSR count). The molecule has 1 aromatic rings. The minimum Gasteiger partial charge on any atom is -0.488 e. The van der Waals surface area contributed by atoms with Crippen LogP contribution in [0.3, 0.4) is 0 Å². The van der Waals surface area contributed by atoms with E-state index in [1.807, 2.05) is 6.07 Å². The molecule has 0 amide bonds. The first kappa shape index (κ1) is 17.9. The van der Waals surface area contributed by atoms with Gasteiger partial charge in [0.25, 0.3) is 0 Å². The number of ether oxygens (including phenoxy) is 3. The van der Waals surface area contributed by atoms with Crippen molar-refractivity contribution in [2.75, 3.05) is 40.1 Å². The molecule has 0 unspecified atom stereocenters. The van der Waals surface area contributed by atoms with Crippen LogP contribution in [0.1, 0.15) is 19.4 Å². The van der Waals surface area contributed by atoms with Crippen LogP contribution in [0.25, 0.3) is 0 Å². The third kappa shape index (κ3) is 7.99. The van der Waals surface area contributed by atoms with Gasteiger partial charge >= 0.3 is 0 Å². The Hall–Kier alpha value is -1.17. The summed E-state index contributed by atoms with van der Waals surface area (Å²) < 4.78 is 29.5. The summed E-state index contributed by atoms with van der Waals surface area (Å²) in [6, 6.07) is 5.00. The molecule has 0 spiro atoms. The van der Waals surface area contributed by atoms with Gasteiger partial charge < -0.3 is 19.5 Å². The highest BCUT2D eigenvalue weighted by atomic mass is 19.1. The zero-order valence-corrected chi connectivity index (χ0v) is 13.2. The van der Waals surface area contributed by atoms with Gasteiger partial charge in [0.15, 0.2) is 11.6 Å². The molecule has 0 aromatic heterocycles. The van der Waals surface area contributed by atoms with E-state index < -0.39 is 0 Å². The van der Waals surface area contributed by atoms with Crippen LogP contribution in [-0.2, 0) is 16.0 Å². The Balaban J connectivity index is 2.29. The van der Waals surface area contributed by atoms with E-state index in [9.17, 15) is 4.39 Å². The summed E-state index contributed by atoms with van der Waals surface area (Å²) in [4.78, 5) is 0. The average molecular weight is 299 g/mol. The molecule has 0 saturated carbocycles. The maximum Gasteiger partial charge on any atom is 0.165 e. The maximum absolute atomic E-state index is 13.8. The van der Waals surface area contributed by atoms with Crippen LogP contribution < -0.4 is 10.1 Å². The first-order valence-corrected chi connectivity index (χ1v) is 7.32. The van der Waals surface area contributed by atoms with Crippen LogP contribution in [0.5, 0.6) is 5.75 Å². The molecule has 5 heteroatoms. The number of nitrogens with one attached hydrogen (secondary N) is 1. The number of hydrogen-bond acceptors (Lipinski definition) is 4. The molecule has 0 atom stereocenters. The van der Waals surface area contributed by atoms with Gasteiger partial charge in [0, 0.05) is 26.8 Å². The lowest BCUT2D eigenvalue weighted by molar-refractivity contribution is 0.0808. The fraction of sp³-hybridized carbons (Fsp3) is 0.625. The lowest BCUT2D eigenvalue weighted by Gasteiger charge is -2.10. The van der Waals surface area contributed by atoms with E-state index >= 15 is 0 Å². The van der Waals surface area contributed by atoms with Crippen LogP contribution in [0.15, 0.2) is 18.2 Å². The molecule has 4 nitrogen and oxygen atoms in total. The Labute approximate surface area is 126 Å². The predicted octanol–water partition coefficient (Wildman–Crippen LogP) is 2.61. The molecule has 0 bridgehead atoms. The lowest BCUT2D eigenvalue weighted by Crippen LogP contribution is -2.18.